The van der Waals surface area contributed by atoms with E-state index in [-0.39, 0.29) is 5.84 Å². The van der Waals surface area contributed by atoms with Crippen molar-refractivity contribution >= 4 is 21.8 Å². The number of amidine groups is 1. The molecule has 88 valence electrons. The molecule has 16 heavy (non-hydrogen) atoms. The zero-order chi connectivity index (χ0) is 12.0. The summed E-state index contributed by atoms with van der Waals surface area (Å²) < 4.78 is 11.2. The molecule has 1 aromatic carbocycles. The van der Waals surface area contributed by atoms with Crippen molar-refractivity contribution in [2.45, 2.75) is 6.42 Å². The van der Waals surface area contributed by atoms with E-state index in [0.717, 1.165) is 10.9 Å². The highest BCUT2D eigenvalue weighted by Crippen LogP contribution is 2.26. The zero-order valence-electron chi connectivity index (χ0n) is 9.13. The summed E-state index contributed by atoms with van der Waals surface area (Å²) in [7, 11) is 1.65. The lowest BCUT2D eigenvalue weighted by Crippen LogP contribution is -2.14. The first-order chi connectivity index (χ1) is 7.66. The number of rotatable bonds is 6. The molecule has 0 unspecified atom stereocenters. The summed E-state index contributed by atoms with van der Waals surface area (Å²) in [5.41, 5.74) is 6.09. The Labute approximate surface area is 103 Å². The van der Waals surface area contributed by atoms with Crippen LogP contribution in [0.15, 0.2) is 22.7 Å². The summed E-state index contributed by atoms with van der Waals surface area (Å²) in [6.07, 6.45) is 0.806. The zero-order valence-corrected chi connectivity index (χ0v) is 10.7. The number of ether oxygens (including phenoxy) is 2. The Bertz CT molecular complexity index is 369. The predicted octanol–water partition coefficient (Wildman–Crippen LogP) is 2.15. The number of nitrogens with one attached hydrogen (secondary N) is 1. The fourth-order valence-electron chi connectivity index (χ4n) is 1.27. The van der Waals surface area contributed by atoms with Crippen LogP contribution in [-0.4, -0.2) is 26.2 Å². The van der Waals surface area contributed by atoms with Crippen molar-refractivity contribution in [2.24, 2.45) is 5.73 Å². The van der Waals surface area contributed by atoms with Gasteiger partial charge in [-0.05, 0) is 28.1 Å². The molecule has 0 atom stereocenters. The average Bonchev–Trinajstić information content (AvgIpc) is 2.24. The highest BCUT2D eigenvalue weighted by Gasteiger charge is 2.10. The van der Waals surface area contributed by atoms with Crippen molar-refractivity contribution in [1.29, 1.82) is 5.41 Å². The first-order valence-electron chi connectivity index (χ1n) is 4.91. The molecule has 3 N–H and O–H groups in total. The maximum Gasteiger partial charge on any atom is 0.131 e. The number of methoxy groups -OCH3 is 1. The Morgan fingerprint density at radius 2 is 2.19 bits per heavy atom. The molecule has 0 bridgehead atoms. The minimum atomic E-state index is -0.00536. The number of halogens is 1. The van der Waals surface area contributed by atoms with Crippen LogP contribution in [0.2, 0.25) is 0 Å². The van der Waals surface area contributed by atoms with E-state index in [2.05, 4.69) is 15.9 Å². The van der Waals surface area contributed by atoms with Gasteiger partial charge in [-0.15, -0.1) is 0 Å². The van der Waals surface area contributed by atoms with Crippen molar-refractivity contribution in [3.63, 3.8) is 0 Å². The van der Waals surface area contributed by atoms with Crippen molar-refractivity contribution in [2.75, 3.05) is 20.3 Å². The van der Waals surface area contributed by atoms with Crippen LogP contribution in [0.1, 0.15) is 12.0 Å². The van der Waals surface area contributed by atoms with Gasteiger partial charge in [-0.3, -0.25) is 5.41 Å². The van der Waals surface area contributed by atoms with Gasteiger partial charge in [0.25, 0.3) is 0 Å². The van der Waals surface area contributed by atoms with E-state index in [1.165, 1.54) is 0 Å². The molecule has 0 fully saturated rings. The van der Waals surface area contributed by atoms with Crippen molar-refractivity contribution in [3.8, 4) is 5.75 Å². The molecule has 1 rings (SSSR count). The molecule has 0 aliphatic carbocycles. The maximum absolute atomic E-state index is 7.48. The van der Waals surface area contributed by atoms with Gasteiger partial charge in [0, 0.05) is 24.6 Å². The van der Waals surface area contributed by atoms with Gasteiger partial charge in [-0.1, -0.05) is 6.07 Å². The lowest BCUT2D eigenvalue weighted by molar-refractivity contribution is 0.172. The highest BCUT2D eigenvalue weighted by atomic mass is 79.9. The van der Waals surface area contributed by atoms with Crippen LogP contribution < -0.4 is 10.5 Å². The molecule has 0 saturated carbocycles. The molecule has 0 heterocycles. The van der Waals surface area contributed by atoms with Crippen LogP contribution in [0, 0.1) is 5.41 Å². The maximum atomic E-state index is 7.48. The van der Waals surface area contributed by atoms with E-state index in [1.807, 2.05) is 12.1 Å². The summed E-state index contributed by atoms with van der Waals surface area (Å²) in [6.45, 7) is 1.20. The Kier molecular flexibility index (Phi) is 5.28. The van der Waals surface area contributed by atoms with Crippen LogP contribution in [0.25, 0.3) is 0 Å². The average molecular weight is 287 g/mol. The molecule has 0 aliphatic rings. The lowest BCUT2D eigenvalue weighted by Gasteiger charge is -2.11. The minimum absolute atomic E-state index is 0.00536. The summed E-state index contributed by atoms with van der Waals surface area (Å²) in [5, 5.41) is 7.48. The van der Waals surface area contributed by atoms with E-state index in [0.29, 0.717) is 24.5 Å². The quantitative estimate of drug-likeness (QED) is 0.478. The summed E-state index contributed by atoms with van der Waals surface area (Å²) in [6, 6.07) is 5.48. The fraction of sp³-hybridized carbons (Fsp3) is 0.364. The number of benzene rings is 1. The van der Waals surface area contributed by atoms with Crippen LogP contribution in [-0.2, 0) is 4.74 Å². The Balaban J connectivity index is 2.71. The molecule has 0 radical (unpaired) electrons. The van der Waals surface area contributed by atoms with Gasteiger partial charge in [0.15, 0.2) is 0 Å². The molecular weight excluding hydrogens is 272 g/mol. The normalized spacial score (nSPS) is 10.1. The van der Waals surface area contributed by atoms with E-state index >= 15 is 0 Å². The molecule has 0 aromatic heterocycles. The van der Waals surface area contributed by atoms with Gasteiger partial charge in [-0.25, -0.2) is 0 Å². The molecule has 4 nitrogen and oxygen atoms in total. The van der Waals surface area contributed by atoms with Gasteiger partial charge in [0.1, 0.15) is 11.6 Å². The van der Waals surface area contributed by atoms with Crippen molar-refractivity contribution < 1.29 is 9.47 Å². The molecular formula is C11H15BrN2O2. The Morgan fingerprint density at radius 1 is 1.44 bits per heavy atom. The molecule has 0 saturated heterocycles. The van der Waals surface area contributed by atoms with E-state index in [4.69, 9.17) is 20.6 Å². The number of hydrogen-bond donors (Lipinski definition) is 2. The largest absolute Gasteiger partial charge is 0.493 e. The first-order valence-corrected chi connectivity index (χ1v) is 5.70. The third-order valence-corrected chi connectivity index (χ3v) is 2.66. The monoisotopic (exact) mass is 286 g/mol. The van der Waals surface area contributed by atoms with Crippen molar-refractivity contribution in [1.82, 2.24) is 0 Å². The SMILES string of the molecule is COCCCOc1cccc(Br)c1C(=N)N. The summed E-state index contributed by atoms with van der Waals surface area (Å²) in [4.78, 5) is 0. The number of nitrogen functional groups attached to an aromatic ring is 1. The molecule has 0 aliphatic heterocycles. The Morgan fingerprint density at radius 3 is 2.81 bits per heavy atom. The second kappa shape index (κ2) is 6.50. The second-order valence-corrected chi connectivity index (χ2v) is 4.08. The van der Waals surface area contributed by atoms with Gasteiger partial charge >= 0.3 is 0 Å². The standard InChI is InChI=1S/C11H15BrN2O2/c1-15-6-3-7-16-9-5-2-4-8(12)10(9)11(13)14/h2,4-5H,3,6-7H2,1H3,(H3,13,14). The molecule has 0 spiro atoms. The van der Waals surface area contributed by atoms with Crippen LogP contribution in [0.4, 0.5) is 0 Å². The first kappa shape index (κ1) is 13.0. The highest BCUT2D eigenvalue weighted by molar-refractivity contribution is 9.10. The lowest BCUT2D eigenvalue weighted by atomic mass is 10.2. The van der Waals surface area contributed by atoms with Gasteiger partial charge < -0.3 is 15.2 Å². The molecule has 1 aromatic rings. The predicted molar refractivity (Wildman–Crippen MR) is 67.1 cm³/mol. The van der Waals surface area contributed by atoms with Gasteiger partial charge in [0.05, 0.1) is 12.2 Å². The summed E-state index contributed by atoms with van der Waals surface area (Å²) in [5.74, 6) is 0.618. The third-order valence-electron chi connectivity index (χ3n) is 2.00. The smallest absolute Gasteiger partial charge is 0.131 e. The Hall–Kier alpha value is -1.07. The van der Waals surface area contributed by atoms with E-state index < -0.39 is 0 Å². The van der Waals surface area contributed by atoms with E-state index in [9.17, 15) is 0 Å². The third kappa shape index (κ3) is 3.50. The minimum Gasteiger partial charge on any atom is -0.493 e. The van der Waals surface area contributed by atoms with Crippen molar-refractivity contribution in [3.05, 3.63) is 28.2 Å². The van der Waals surface area contributed by atoms with Gasteiger partial charge in [-0.2, -0.15) is 0 Å². The topological polar surface area (TPSA) is 68.3 Å². The number of hydrogen-bond acceptors (Lipinski definition) is 3. The van der Waals surface area contributed by atoms with Crippen LogP contribution in [0.3, 0.4) is 0 Å². The summed E-state index contributed by atoms with van der Waals surface area (Å²) >= 11 is 3.34. The van der Waals surface area contributed by atoms with Crippen LogP contribution in [0.5, 0.6) is 5.75 Å². The fourth-order valence-corrected chi connectivity index (χ4v) is 1.83. The number of nitrogens with two attached hydrogens (primary N) is 1. The van der Waals surface area contributed by atoms with Gasteiger partial charge in [0.2, 0.25) is 0 Å². The second-order valence-electron chi connectivity index (χ2n) is 3.22. The van der Waals surface area contributed by atoms with E-state index in [1.54, 1.807) is 13.2 Å². The molecule has 5 heteroatoms. The van der Waals surface area contributed by atoms with Crippen LogP contribution >= 0.6 is 15.9 Å². The molecule has 0 amide bonds.